The van der Waals surface area contributed by atoms with Crippen LogP contribution in [0.4, 0.5) is 4.39 Å². The molecule has 0 aromatic heterocycles. The highest BCUT2D eigenvalue weighted by Crippen LogP contribution is 2.26. The van der Waals surface area contributed by atoms with Gasteiger partial charge in [0.15, 0.2) is 5.78 Å². The Bertz CT molecular complexity index is 598. The zero-order valence-electron chi connectivity index (χ0n) is 11.0. The third-order valence-electron chi connectivity index (χ3n) is 3.28. The third kappa shape index (κ3) is 3.23. The fourth-order valence-electron chi connectivity index (χ4n) is 1.99. The molecule has 2 aromatic carbocycles. The summed E-state index contributed by atoms with van der Waals surface area (Å²) in [5.74, 6) is 0.545. The lowest BCUT2D eigenvalue weighted by atomic mass is 10.0. The van der Waals surface area contributed by atoms with Gasteiger partial charge in [-0.15, -0.1) is 0 Å². The van der Waals surface area contributed by atoms with E-state index < -0.39 is 0 Å². The number of ketones is 1. The average molecular weight is 270 g/mol. The summed E-state index contributed by atoms with van der Waals surface area (Å²) in [6.07, 6.45) is 2.87. The summed E-state index contributed by atoms with van der Waals surface area (Å²) in [7, 11) is 0. The zero-order chi connectivity index (χ0) is 13.9. The number of ether oxygens (including phenoxy) is 1. The molecule has 1 aliphatic carbocycles. The highest BCUT2D eigenvalue weighted by atomic mass is 19.1. The molecule has 0 N–H and O–H groups in total. The van der Waals surface area contributed by atoms with Crippen LogP contribution in [0.1, 0.15) is 28.8 Å². The minimum atomic E-state index is -0.289. The summed E-state index contributed by atoms with van der Waals surface area (Å²) in [5.41, 5.74) is 1.46. The molecule has 0 heterocycles. The molecule has 1 fully saturated rings. The first-order chi connectivity index (χ1) is 9.70. The number of rotatable bonds is 5. The van der Waals surface area contributed by atoms with Crippen molar-refractivity contribution in [3.63, 3.8) is 0 Å². The molecule has 0 bridgehead atoms. The van der Waals surface area contributed by atoms with Crippen LogP contribution in [0.5, 0.6) is 5.75 Å². The van der Waals surface area contributed by atoms with Gasteiger partial charge in [0, 0.05) is 12.0 Å². The second-order valence-electron chi connectivity index (χ2n) is 5.07. The van der Waals surface area contributed by atoms with Gasteiger partial charge in [0.1, 0.15) is 11.6 Å². The summed E-state index contributed by atoms with van der Waals surface area (Å²) < 4.78 is 18.4. The highest BCUT2D eigenvalue weighted by Gasteiger charge is 2.23. The maximum atomic E-state index is 12.8. The van der Waals surface area contributed by atoms with Crippen molar-refractivity contribution >= 4 is 5.78 Å². The monoisotopic (exact) mass is 270 g/mol. The molecule has 0 amide bonds. The number of carbonyl (C=O) groups excluding carboxylic acids is 1. The van der Waals surface area contributed by atoms with Crippen LogP contribution < -0.4 is 4.74 Å². The molecule has 0 unspecified atom stereocenters. The van der Waals surface area contributed by atoms with Crippen LogP contribution in [-0.4, -0.2) is 11.9 Å². The first-order valence-corrected chi connectivity index (χ1v) is 6.75. The Morgan fingerprint density at radius 2 is 1.70 bits per heavy atom. The summed E-state index contributed by atoms with van der Waals surface area (Å²) >= 11 is 0. The Hall–Kier alpha value is -2.16. The Labute approximate surface area is 117 Å². The third-order valence-corrected chi connectivity index (χ3v) is 3.28. The van der Waals surface area contributed by atoms with Crippen molar-refractivity contribution in [3.05, 3.63) is 65.5 Å². The Morgan fingerprint density at radius 1 is 1.05 bits per heavy atom. The first kappa shape index (κ1) is 12.9. The number of hydrogen-bond acceptors (Lipinski definition) is 2. The van der Waals surface area contributed by atoms with Crippen LogP contribution in [-0.2, 0) is 6.42 Å². The standard InChI is InChI=1S/C17H15FO2/c18-14-5-1-12(2-6-14)11-17(19)13-3-7-15(8-4-13)20-16-9-10-16/h1-8,16H,9-11H2. The van der Waals surface area contributed by atoms with E-state index in [2.05, 4.69) is 0 Å². The Balaban J connectivity index is 1.65. The molecular formula is C17H15FO2. The minimum absolute atomic E-state index is 0.0228. The average Bonchev–Trinajstić information content (AvgIpc) is 3.26. The SMILES string of the molecule is O=C(Cc1ccc(F)cc1)c1ccc(OC2CC2)cc1. The zero-order valence-corrected chi connectivity index (χ0v) is 11.0. The van der Waals surface area contributed by atoms with Crippen molar-refractivity contribution in [1.82, 2.24) is 0 Å². The number of Topliss-reactive ketones (excluding diaryl/α,β-unsaturated/α-hetero) is 1. The maximum Gasteiger partial charge on any atom is 0.167 e. The van der Waals surface area contributed by atoms with E-state index in [-0.39, 0.29) is 18.0 Å². The van der Waals surface area contributed by atoms with Gasteiger partial charge in [0.2, 0.25) is 0 Å². The van der Waals surface area contributed by atoms with Crippen molar-refractivity contribution in [2.24, 2.45) is 0 Å². The van der Waals surface area contributed by atoms with E-state index in [0.29, 0.717) is 11.7 Å². The van der Waals surface area contributed by atoms with Gasteiger partial charge >= 0.3 is 0 Å². The number of halogens is 1. The van der Waals surface area contributed by atoms with E-state index in [4.69, 9.17) is 4.74 Å². The van der Waals surface area contributed by atoms with Crippen molar-refractivity contribution in [2.45, 2.75) is 25.4 Å². The maximum absolute atomic E-state index is 12.8. The van der Waals surface area contributed by atoms with E-state index in [1.54, 1.807) is 24.3 Å². The van der Waals surface area contributed by atoms with E-state index in [1.165, 1.54) is 12.1 Å². The van der Waals surface area contributed by atoms with Crippen molar-refractivity contribution < 1.29 is 13.9 Å². The Kier molecular flexibility index (Phi) is 3.50. The van der Waals surface area contributed by atoms with Gasteiger partial charge in [-0.3, -0.25) is 4.79 Å². The van der Waals surface area contributed by atoms with Crippen LogP contribution in [0.3, 0.4) is 0 Å². The largest absolute Gasteiger partial charge is 0.490 e. The Morgan fingerprint density at radius 3 is 2.30 bits per heavy atom. The quantitative estimate of drug-likeness (QED) is 0.773. The lowest BCUT2D eigenvalue weighted by molar-refractivity contribution is 0.0993. The predicted octanol–water partition coefficient (Wildman–Crippen LogP) is 3.79. The van der Waals surface area contributed by atoms with Gasteiger partial charge in [-0.25, -0.2) is 4.39 Å². The number of benzene rings is 2. The second-order valence-corrected chi connectivity index (χ2v) is 5.07. The predicted molar refractivity (Wildman–Crippen MR) is 74.5 cm³/mol. The molecule has 1 saturated carbocycles. The minimum Gasteiger partial charge on any atom is -0.490 e. The molecule has 0 saturated heterocycles. The van der Waals surface area contributed by atoms with Gasteiger partial charge in [-0.2, -0.15) is 0 Å². The lowest BCUT2D eigenvalue weighted by Gasteiger charge is -2.05. The molecular weight excluding hydrogens is 255 g/mol. The molecule has 2 aromatic rings. The van der Waals surface area contributed by atoms with Gasteiger partial charge < -0.3 is 4.74 Å². The molecule has 102 valence electrons. The smallest absolute Gasteiger partial charge is 0.167 e. The van der Waals surface area contributed by atoms with Crippen LogP contribution >= 0.6 is 0 Å². The summed E-state index contributed by atoms with van der Waals surface area (Å²) in [5, 5.41) is 0. The van der Waals surface area contributed by atoms with Crippen molar-refractivity contribution in [2.75, 3.05) is 0 Å². The topological polar surface area (TPSA) is 26.3 Å². The van der Waals surface area contributed by atoms with Crippen molar-refractivity contribution in [3.8, 4) is 5.75 Å². The van der Waals surface area contributed by atoms with Gasteiger partial charge in [-0.1, -0.05) is 12.1 Å². The summed E-state index contributed by atoms with van der Waals surface area (Å²) in [6, 6.07) is 13.2. The summed E-state index contributed by atoms with van der Waals surface area (Å²) in [4.78, 5) is 12.1. The molecule has 0 spiro atoms. The van der Waals surface area contributed by atoms with Gasteiger partial charge in [0.25, 0.3) is 0 Å². The molecule has 3 heteroatoms. The van der Waals surface area contributed by atoms with Gasteiger partial charge in [-0.05, 0) is 54.8 Å². The lowest BCUT2D eigenvalue weighted by Crippen LogP contribution is -2.04. The molecule has 0 aliphatic heterocycles. The number of hydrogen-bond donors (Lipinski definition) is 0. The van der Waals surface area contributed by atoms with E-state index >= 15 is 0 Å². The first-order valence-electron chi connectivity index (χ1n) is 6.75. The van der Waals surface area contributed by atoms with Crippen molar-refractivity contribution in [1.29, 1.82) is 0 Å². The highest BCUT2D eigenvalue weighted by molar-refractivity contribution is 5.97. The molecule has 1 aliphatic rings. The summed E-state index contributed by atoms with van der Waals surface area (Å²) in [6.45, 7) is 0. The van der Waals surface area contributed by atoms with Crippen LogP contribution in [0, 0.1) is 5.82 Å². The molecule has 3 rings (SSSR count). The fourth-order valence-corrected chi connectivity index (χ4v) is 1.99. The number of carbonyl (C=O) groups is 1. The normalized spacial score (nSPS) is 14.1. The van der Waals surface area contributed by atoms with Crippen LogP contribution in [0.25, 0.3) is 0 Å². The molecule has 20 heavy (non-hydrogen) atoms. The van der Waals surface area contributed by atoms with E-state index in [0.717, 1.165) is 24.2 Å². The molecule has 2 nitrogen and oxygen atoms in total. The van der Waals surface area contributed by atoms with Crippen LogP contribution in [0.15, 0.2) is 48.5 Å². The fraction of sp³-hybridized carbons (Fsp3) is 0.235. The molecule has 0 radical (unpaired) electrons. The van der Waals surface area contributed by atoms with Gasteiger partial charge in [0.05, 0.1) is 6.10 Å². The second kappa shape index (κ2) is 5.45. The molecule has 0 atom stereocenters. The van der Waals surface area contributed by atoms with Crippen LogP contribution in [0.2, 0.25) is 0 Å². The van der Waals surface area contributed by atoms with E-state index in [1.807, 2.05) is 12.1 Å². The van der Waals surface area contributed by atoms with E-state index in [9.17, 15) is 9.18 Å².